The van der Waals surface area contributed by atoms with E-state index in [1.54, 1.807) is 11.8 Å². The Kier molecular flexibility index (Phi) is 4.21. The molecule has 0 fully saturated rings. The van der Waals surface area contributed by atoms with Crippen LogP contribution < -0.4 is 0 Å². The van der Waals surface area contributed by atoms with Gasteiger partial charge in [0.2, 0.25) is 5.16 Å². The predicted molar refractivity (Wildman–Crippen MR) is 74.7 cm³/mol. The van der Waals surface area contributed by atoms with Gasteiger partial charge < -0.3 is 5.11 Å². The fraction of sp³-hybridized carbons (Fsp3) is 0.462. The molecule has 0 aliphatic heterocycles. The lowest BCUT2D eigenvalue weighted by Crippen LogP contribution is -2.24. The summed E-state index contributed by atoms with van der Waals surface area (Å²) < 4.78 is 1.83. The molecule has 2 aromatic rings. The van der Waals surface area contributed by atoms with Gasteiger partial charge in [-0.15, -0.1) is 5.10 Å². The van der Waals surface area contributed by atoms with E-state index in [1.807, 2.05) is 28.9 Å². The van der Waals surface area contributed by atoms with Crippen LogP contribution in [0.15, 0.2) is 29.4 Å². The maximum Gasteiger partial charge on any atom is 0.210 e. The Balaban J connectivity index is 2.04. The zero-order valence-electron chi connectivity index (χ0n) is 11.4. The molecule has 5 nitrogen and oxygen atoms in total. The molecular formula is C13H18N4OS. The largest absolute Gasteiger partial charge is 0.392 e. The number of rotatable bonds is 4. The Morgan fingerprint density at radius 2 is 1.79 bits per heavy atom. The molecule has 6 heteroatoms. The van der Waals surface area contributed by atoms with Crippen molar-refractivity contribution in [3.05, 3.63) is 35.4 Å². The second kappa shape index (κ2) is 5.71. The monoisotopic (exact) mass is 278 g/mol. The van der Waals surface area contributed by atoms with Crippen molar-refractivity contribution >= 4 is 11.8 Å². The quantitative estimate of drug-likeness (QED) is 0.869. The second-order valence-electron chi connectivity index (χ2n) is 5.31. The van der Waals surface area contributed by atoms with Crippen molar-refractivity contribution in [2.45, 2.75) is 43.8 Å². The number of hydrogen-bond donors (Lipinski definition) is 1. The lowest BCUT2D eigenvalue weighted by atomic mass is 10.1. The van der Waals surface area contributed by atoms with Crippen molar-refractivity contribution in [3.8, 4) is 0 Å². The van der Waals surface area contributed by atoms with E-state index in [-0.39, 0.29) is 12.1 Å². The minimum Gasteiger partial charge on any atom is -0.392 e. The molecule has 0 bridgehead atoms. The minimum atomic E-state index is -0.118. The van der Waals surface area contributed by atoms with Gasteiger partial charge in [0, 0.05) is 5.75 Å². The van der Waals surface area contributed by atoms with E-state index >= 15 is 0 Å². The van der Waals surface area contributed by atoms with Gasteiger partial charge in [-0.05, 0) is 42.3 Å². The molecule has 0 saturated heterocycles. The minimum absolute atomic E-state index is 0.0791. The molecule has 102 valence electrons. The van der Waals surface area contributed by atoms with Crippen molar-refractivity contribution in [2.24, 2.45) is 0 Å². The Morgan fingerprint density at radius 1 is 1.16 bits per heavy atom. The average molecular weight is 278 g/mol. The molecule has 0 amide bonds. The summed E-state index contributed by atoms with van der Waals surface area (Å²) in [5.74, 6) is 0.808. The molecule has 1 N–H and O–H groups in total. The van der Waals surface area contributed by atoms with Crippen molar-refractivity contribution in [2.75, 3.05) is 0 Å². The Hall–Kier alpha value is -1.40. The Morgan fingerprint density at radius 3 is 2.37 bits per heavy atom. The molecule has 0 saturated carbocycles. The highest BCUT2D eigenvalue weighted by molar-refractivity contribution is 7.98. The van der Waals surface area contributed by atoms with Crippen LogP contribution in [0.1, 0.15) is 31.9 Å². The standard InChI is InChI=1S/C13H18N4OS/c1-13(2,3)17-12(14-15-16-17)19-9-11-6-4-10(8-18)5-7-11/h4-7,18H,8-9H2,1-3H3. The summed E-state index contributed by atoms with van der Waals surface area (Å²) in [6.07, 6.45) is 0. The summed E-state index contributed by atoms with van der Waals surface area (Å²) in [6, 6.07) is 7.90. The van der Waals surface area contributed by atoms with Crippen LogP contribution in [-0.2, 0) is 17.9 Å². The maximum absolute atomic E-state index is 9.00. The van der Waals surface area contributed by atoms with Gasteiger partial charge in [-0.1, -0.05) is 36.0 Å². The molecular weight excluding hydrogens is 260 g/mol. The highest BCUT2D eigenvalue weighted by Gasteiger charge is 2.19. The van der Waals surface area contributed by atoms with E-state index in [4.69, 9.17) is 5.11 Å². The van der Waals surface area contributed by atoms with Gasteiger partial charge in [0.1, 0.15) is 0 Å². The van der Waals surface area contributed by atoms with Gasteiger partial charge in [0.25, 0.3) is 0 Å². The third kappa shape index (κ3) is 3.54. The van der Waals surface area contributed by atoms with Gasteiger partial charge >= 0.3 is 0 Å². The zero-order valence-corrected chi connectivity index (χ0v) is 12.2. The van der Waals surface area contributed by atoms with Crippen LogP contribution >= 0.6 is 11.8 Å². The number of aliphatic hydroxyl groups is 1. The molecule has 0 spiro atoms. The predicted octanol–water partition coefficient (Wildman–Crippen LogP) is 2.21. The first-order valence-electron chi connectivity index (χ1n) is 6.11. The molecule has 19 heavy (non-hydrogen) atoms. The first kappa shape index (κ1) is 14.0. The fourth-order valence-electron chi connectivity index (χ4n) is 1.58. The van der Waals surface area contributed by atoms with Crippen LogP contribution in [0.3, 0.4) is 0 Å². The molecule has 2 rings (SSSR count). The van der Waals surface area contributed by atoms with Crippen LogP contribution in [0.5, 0.6) is 0 Å². The van der Waals surface area contributed by atoms with Crippen molar-refractivity contribution < 1.29 is 5.11 Å². The van der Waals surface area contributed by atoms with E-state index in [0.29, 0.717) is 0 Å². The fourth-order valence-corrected chi connectivity index (χ4v) is 2.59. The van der Waals surface area contributed by atoms with Crippen LogP contribution in [0.4, 0.5) is 0 Å². The lowest BCUT2D eigenvalue weighted by molar-refractivity contribution is 0.282. The normalized spacial score (nSPS) is 11.8. The van der Waals surface area contributed by atoms with Gasteiger partial charge in [-0.3, -0.25) is 0 Å². The third-order valence-electron chi connectivity index (χ3n) is 2.65. The molecule has 0 aliphatic rings. The number of thioether (sulfide) groups is 1. The molecule has 1 aromatic heterocycles. The molecule has 1 aromatic carbocycles. The van der Waals surface area contributed by atoms with E-state index in [9.17, 15) is 0 Å². The molecule has 1 heterocycles. The van der Waals surface area contributed by atoms with Crippen LogP contribution in [-0.4, -0.2) is 25.3 Å². The van der Waals surface area contributed by atoms with Gasteiger partial charge in [-0.2, -0.15) is 0 Å². The number of aromatic nitrogens is 4. The second-order valence-corrected chi connectivity index (χ2v) is 6.25. The van der Waals surface area contributed by atoms with Crippen molar-refractivity contribution in [3.63, 3.8) is 0 Å². The average Bonchev–Trinajstić information content (AvgIpc) is 2.85. The third-order valence-corrected chi connectivity index (χ3v) is 3.64. The summed E-state index contributed by atoms with van der Waals surface area (Å²) >= 11 is 1.61. The van der Waals surface area contributed by atoms with Gasteiger partial charge in [0.15, 0.2) is 0 Å². The molecule has 0 atom stereocenters. The SMILES string of the molecule is CC(C)(C)n1nnnc1SCc1ccc(CO)cc1. The van der Waals surface area contributed by atoms with Crippen LogP contribution in [0.25, 0.3) is 0 Å². The highest BCUT2D eigenvalue weighted by Crippen LogP contribution is 2.24. The summed E-state index contributed by atoms with van der Waals surface area (Å²) in [6.45, 7) is 6.30. The first-order chi connectivity index (χ1) is 9.00. The molecule has 0 radical (unpaired) electrons. The topological polar surface area (TPSA) is 63.8 Å². The van der Waals surface area contributed by atoms with Crippen LogP contribution in [0, 0.1) is 0 Å². The summed E-state index contributed by atoms with van der Waals surface area (Å²) in [7, 11) is 0. The number of benzene rings is 1. The maximum atomic E-state index is 9.00. The summed E-state index contributed by atoms with van der Waals surface area (Å²) in [5, 5.41) is 21.6. The van der Waals surface area contributed by atoms with Crippen molar-refractivity contribution in [1.29, 1.82) is 0 Å². The van der Waals surface area contributed by atoms with E-state index < -0.39 is 0 Å². The van der Waals surface area contributed by atoms with Gasteiger partial charge in [-0.25, -0.2) is 4.68 Å². The smallest absolute Gasteiger partial charge is 0.210 e. The van der Waals surface area contributed by atoms with Crippen LogP contribution in [0.2, 0.25) is 0 Å². The summed E-state index contributed by atoms with van der Waals surface area (Å²) in [5.41, 5.74) is 1.99. The molecule has 0 aliphatic carbocycles. The summed E-state index contributed by atoms with van der Waals surface area (Å²) in [4.78, 5) is 0. The van der Waals surface area contributed by atoms with Gasteiger partial charge in [0.05, 0.1) is 12.1 Å². The van der Waals surface area contributed by atoms with E-state index in [2.05, 4.69) is 36.3 Å². The highest BCUT2D eigenvalue weighted by atomic mass is 32.2. The van der Waals surface area contributed by atoms with Crippen molar-refractivity contribution in [1.82, 2.24) is 20.2 Å². The Bertz CT molecular complexity index is 530. The number of aliphatic hydroxyl groups excluding tert-OH is 1. The zero-order chi connectivity index (χ0) is 13.9. The number of tetrazole rings is 1. The van der Waals surface area contributed by atoms with E-state index in [0.717, 1.165) is 16.5 Å². The number of hydrogen-bond acceptors (Lipinski definition) is 5. The Labute approximate surface area is 117 Å². The molecule has 0 unspecified atom stereocenters. The number of nitrogens with zero attached hydrogens (tertiary/aromatic N) is 4. The first-order valence-corrected chi connectivity index (χ1v) is 7.09. The van der Waals surface area contributed by atoms with E-state index in [1.165, 1.54) is 5.56 Å². The lowest BCUT2D eigenvalue weighted by Gasteiger charge is -2.19.